The quantitative estimate of drug-likeness (QED) is 0.906. The number of carbonyl (C=O) groups is 1. The first kappa shape index (κ1) is 15.5. The standard InChI is InChI=1S/C14H10BrF3N2O/c15-11-2-1-7-19-12(11)13(21)20-8-9-3-5-10(6-4-9)14(16,17)18/h1-7H,8H2,(H,20,21). The van der Waals surface area contributed by atoms with E-state index in [1.54, 1.807) is 12.1 Å². The van der Waals surface area contributed by atoms with Crippen LogP contribution < -0.4 is 5.32 Å². The van der Waals surface area contributed by atoms with Crippen molar-refractivity contribution >= 4 is 21.8 Å². The number of pyridine rings is 1. The number of rotatable bonds is 3. The van der Waals surface area contributed by atoms with Crippen molar-refractivity contribution in [1.29, 1.82) is 0 Å². The van der Waals surface area contributed by atoms with E-state index in [0.717, 1.165) is 12.1 Å². The molecular formula is C14H10BrF3N2O. The van der Waals surface area contributed by atoms with Crippen molar-refractivity contribution in [2.45, 2.75) is 12.7 Å². The lowest BCUT2D eigenvalue weighted by Crippen LogP contribution is -2.24. The molecule has 7 heteroatoms. The summed E-state index contributed by atoms with van der Waals surface area (Å²) in [5.74, 6) is -0.401. The summed E-state index contributed by atoms with van der Waals surface area (Å²) in [6, 6.07) is 7.99. The molecule has 1 aromatic carbocycles. The predicted octanol–water partition coefficient (Wildman–Crippen LogP) is 3.79. The first-order valence-corrected chi connectivity index (χ1v) is 6.72. The van der Waals surface area contributed by atoms with Crippen molar-refractivity contribution < 1.29 is 18.0 Å². The fraction of sp³-hybridized carbons (Fsp3) is 0.143. The Bertz CT molecular complexity index is 641. The van der Waals surface area contributed by atoms with Crippen molar-refractivity contribution in [3.63, 3.8) is 0 Å². The van der Waals surface area contributed by atoms with E-state index in [-0.39, 0.29) is 12.2 Å². The van der Waals surface area contributed by atoms with Gasteiger partial charge < -0.3 is 5.32 Å². The SMILES string of the molecule is O=C(NCc1ccc(C(F)(F)F)cc1)c1ncccc1Br. The number of benzene rings is 1. The van der Waals surface area contributed by atoms with Crippen molar-refractivity contribution in [2.75, 3.05) is 0 Å². The average Bonchev–Trinajstić information content (AvgIpc) is 2.45. The molecule has 0 aliphatic rings. The lowest BCUT2D eigenvalue weighted by atomic mass is 10.1. The Morgan fingerprint density at radius 1 is 1.19 bits per heavy atom. The molecule has 2 rings (SSSR count). The number of nitrogens with zero attached hydrogens (tertiary/aromatic N) is 1. The van der Waals surface area contributed by atoms with Crippen LogP contribution in [0.25, 0.3) is 0 Å². The molecule has 0 aliphatic heterocycles. The van der Waals surface area contributed by atoms with Crippen molar-refractivity contribution in [1.82, 2.24) is 10.3 Å². The van der Waals surface area contributed by atoms with E-state index in [2.05, 4.69) is 26.2 Å². The fourth-order valence-electron chi connectivity index (χ4n) is 1.63. The van der Waals surface area contributed by atoms with Gasteiger partial charge in [0, 0.05) is 17.2 Å². The van der Waals surface area contributed by atoms with Gasteiger partial charge in [0.25, 0.3) is 5.91 Å². The highest BCUT2D eigenvalue weighted by atomic mass is 79.9. The molecule has 3 nitrogen and oxygen atoms in total. The first-order chi connectivity index (χ1) is 9.88. The molecule has 1 N–H and O–H groups in total. The normalized spacial score (nSPS) is 11.2. The Morgan fingerprint density at radius 3 is 2.43 bits per heavy atom. The van der Waals surface area contributed by atoms with E-state index < -0.39 is 17.6 Å². The Kier molecular flexibility index (Phi) is 4.62. The van der Waals surface area contributed by atoms with Crippen LogP contribution in [-0.4, -0.2) is 10.9 Å². The highest BCUT2D eigenvalue weighted by molar-refractivity contribution is 9.10. The zero-order chi connectivity index (χ0) is 15.5. The third kappa shape index (κ3) is 4.04. The number of amides is 1. The van der Waals surface area contributed by atoms with Crippen LogP contribution in [0.15, 0.2) is 47.1 Å². The Balaban J connectivity index is 2.00. The lowest BCUT2D eigenvalue weighted by molar-refractivity contribution is -0.137. The van der Waals surface area contributed by atoms with Gasteiger partial charge in [0.1, 0.15) is 5.69 Å². The maximum atomic E-state index is 12.4. The number of halogens is 4. The minimum absolute atomic E-state index is 0.125. The van der Waals surface area contributed by atoms with Gasteiger partial charge in [0.2, 0.25) is 0 Å². The number of hydrogen-bond acceptors (Lipinski definition) is 2. The molecule has 0 saturated carbocycles. The molecule has 110 valence electrons. The molecule has 0 aliphatic carbocycles. The summed E-state index contributed by atoms with van der Waals surface area (Å²) >= 11 is 3.21. The smallest absolute Gasteiger partial charge is 0.347 e. The molecule has 0 saturated heterocycles. The zero-order valence-electron chi connectivity index (χ0n) is 10.6. The van der Waals surface area contributed by atoms with Gasteiger partial charge in [-0.15, -0.1) is 0 Å². The van der Waals surface area contributed by atoms with Gasteiger partial charge in [-0.2, -0.15) is 13.2 Å². The number of nitrogens with one attached hydrogen (secondary N) is 1. The van der Waals surface area contributed by atoms with Crippen LogP contribution in [0.3, 0.4) is 0 Å². The molecule has 0 fully saturated rings. The molecule has 1 amide bonds. The number of alkyl halides is 3. The summed E-state index contributed by atoms with van der Waals surface area (Å²) in [5, 5.41) is 2.60. The summed E-state index contributed by atoms with van der Waals surface area (Å²) in [4.78, 5) is 15.8. The number of hydrogen-bond donors (Lipinski definition) is 1. The monoisotopic (exact) mass is 358 g/mol. The van der Waals surface area contributed by atoms with Gasteiger partial charge in [-0.3, -0.25) is 4.79 Å². The Hall–Kier alpha value is -1.89. The van der Waals surface area contributed by atoms with Crippen molar-refractivity contribution in [3.8, 4) is 0 Å². The second-order valence-corrected chi connectivity index (χ2v) is 5.07. The third-order valence-electron chi connectivity index (χ3n) is 2.71. The summed E-state index contributed by atoms with van der Waals surface area (Å²) in [5.41, 5.74) is 0.0814. The van der Waals surface area contributed by atoms with E-state index in [0.29, 0.717) is 10.0 Å². The van der Waals surface area contributed by atoms with Crippen LogP contribution in [0.4, 0.5) is 13.2 Å². The molecule has 1 heterocycles. The van der Waals surface area contributed by atoms with Crippen molar-refractivity contribution in [2.24, 2.45) is 0 Å². The molecule has 2 aromatic rings. The molecule has 21 heavy (non-hydrogen) atoms. The summed E-state index contributed by atoms with van der Waals surface area (Å²) < 4.78 is 37.8. The lowest BCUT2D eigenvalue weighted by Gasteiger charge is -2.09. The molecular weight excluding hydrogens is 349 g/mol. The first-order valence-electron chi connectivity index (χ1n) is 5.93. The Morgan fingerprint density at radius 2 is 1.86 bits per heavy atom. The van der Waals surface area contributed by atoms with E-state index in [4.69, 9.17) is 0 Å². The predicted molar refractivity (Wildman–Crippen MR) is 74.6 cm³/mol. The molecule has 0 radical (unpaired) electrons. The van der Waals surface area contributed by atoms with E-state index >= 15 is 0 Å². The largest absolute Gasteiger partial charge is 0.416 e. The van der Waals surface area contributed by atoms with Crippen LogP contribution in [0.5, 0.6) is 0 Å². The van der Waals surface area contributed by atoms with Crippen LogP contribution in [0.2, 0.25) is 0 Å². The van der Waals surface area contributed by atoms with Gasteiger partial charge in [-0.1, -0.05) is 12.1 Å². The fourth-order valence-corrected chi connectivity index (χ4v) is 2.07. The van der Waals surface area contributed by atoms with Gasteiger partial charge in [0.05, 0.1) is 5.56 Å². The molecule has 0 bridgehead atoms. The third-order valence-corrected chi connectivity index (χ3v) is 3.35. The molecule has 0 atom stereocenters. The minimum atomic E-state index is -4.36. The highest BCUT2D eigenvalue weighted by Gasteiger charge is 2.29. The second-order valence-electron chi connectivity index (χ2n) is 4.21. The van der Waals surface area contributed by atoms with Crippen LogP contribution in [-0.2, 0) is 12.7 Å². The number of carbonyl (C=O) groups excluding carboxylic acids is 1. The van der Waals surface area contributed by atoms with Crippen LogP contribution in [0, 0.1) is 0 Å². The highest BCUT2D eigenvalue weighted by Crippen LogP contribution is 2.29. The molecule has 0 unspecified atom stereocenters. The van der Waals surface area contributed by atoms with Gasteiger partial charge in [-0.25, -0.2) is 4.98 Å². The van der Waals surface area contributed by atoms with Crippen molar-refractivity contribution in [3.05, 3.63) is 63.9 Å². The second kappa shape index (κ2) is 6.26. The number of aromatic nitrogens is 1. The molecule has 1 aromatic heterocycles. The Labute approximate surface area is 127 Å². The maximum absolute atomic E-state index is 12.4. The van der Waals surface area contributed by atoms with E-state index in [1.165, 1.54) is 18.3 Å². The van der Waals surface area contributed by atoms with Gasteiger partial charge in [0.15, 0.2) is 0 Å². The topological polar surface area (TPSA) is 42.0 Å². The molecule has 0 spiro atoms. The van der Waals surface area contributed by atoms with Crippen LogP contribution >= 0.6 is 15.9 Å². The van der Waals surface area contributed by atoms with Gasteiger partial charge >= 0.3 is 6.18 Å². The maximum Gasteiger partial charge on any atom is 0.416 e. The van der Waals surface area contributed by atoms with Gasteiger partial charge in [-0.05, 0) is 45.8 Å². The van der Waals surface area contributed by atoms with E-state index in [9.17, 15) is 18.0 Å². The summed E-state index contributed by atoms with van der Waals surface area (Å²) in [6.45, 7) is 0.125. The summed E-state index contributed by atoms with van der Waals surface area (Å²) in [7, 11) is 0. The zero-order valence-corrected chi connectivity index (χ0v) is 12.2. The average molecular weight is 359 g/mol. The minimum Gasteiger partial charge on any atom is -0.347 e. The van der Waals surface area contributed by atoms with E-state index in [1.807, 2.05) is 0 Å². The van der Waals surface area contributed by atoms with Crippen LogP contribution in [0.1, 0.15) is 21.6 Å². The summed E-state index contributed by atoms with van der Waals surface area (Å²) in [6.07, 6.45) is -2.88.